The smallest absolute Gasteiger partial charge is 0.174 e. The molecular weight excluding hydrogens is 358 g/mol. The van der Waals surface area contributed by atoms with Crippen molar-refractivity contribution in [3.05, 3.63) is 11.3 Å². The van der Waals surface area contributed by atoms with E-state index in [0.717, 1.165) is 0 Å². The van der Waals surface area contributed by atoms with Gasteiger partial charge in [-0.2, -0.15) is 0 Å². The quantitative estimate of drug-likeness (QED) is 0.361. The lowest BCUT2D eigenvalue weighted by atomic mass is 9.78. The summed E-state index contributed by atoms with van der Waals surface area (Å²) >= 11 is 0. The second-order valence-corrected chi connectivity index (χ2v) is 9.24. The molecule has 0 aromatic heterocycles. The zero-order chi connectivity index (χ0) is 21.6. The first-order valence-electron chi connectivity index (χ1n) is 10.4. The molecule has 28 heavy (non-hydrogen) atoms. The number of carbonyl (C=O) groups excluding carboxylic acids is 1. The summed E-state index contributed by atoms with van der Waals surface area (Å²) in [6.45, 7) is 12.1. The Morgan fingerprint density at radius 3 is 2.11 bits per heavy atom. The first-order chi connectivity index (χ1) is 13.0. The Morgan fingerprint density at radius 2 is 1.64 bits per heavy atom. The third-order valence-corrected chi connectivity index (χ3v) is 5.36. The van der Waals surface area contributed by atoms with E-state index in [1.54, 1.807) is 0 Å². The van der Waals surface area contributed by atoms with Gasteiger partial charge in [0.2, 0.25) is 0 Å². The summed E-state index contributed by atoms with van der Waals surface area (Å²) in [5.41, 5.74) is -1.65. The van der Waals surface area contributed by atoms with Gasteiger partial charge in [0.1, 0.15) is 12.9 Å². The van der Waals surface area contributed by atoms with E-state index < -0.39 is 23.4 Å². The average Bonchev–Trinajstić information content (AvgIpc) is 2.77. The molecule has 0 bridgehead atoms. The van der Waals surface area contributed by atoms with Gasteiger partial charge in [0.05, 0.1) is 23.3 Å². The van der Waals surface area contributed by atoms with Gasteiger partial charge in [0.15, 0.2) is 11.4 Å². The third kappa shape index (κ3) is 5.57. The van der Waals surface area contributed by atoms with Crippen molar-refractivity contribution in [1.82, 2.24) is 0 Å². The SMILES string of the molecule is CON=C(CC(C)C)C1=C(O)[C@](O)(C(O)CCC(C)C)[C@@H](CCC(C)C)C1=O. The number of nitrogens with zero attached hydrogens (tertiary/aromatic N) is 1. The van der Waals surface area contributed by atoms with Gasteiger partial charge in [0, 0.05) is 0 Å². The number of carbonyl (C=O) groups is 1. The fourth-order valence-electron chi connectivity index (χ4n) is 3.77. The normalized spacial score (nSPS) is 24.8. The number of rotatable bonds is 11. The van der Waals surface area contributed by atoms with Crippen LogP contribution in [0.3, 0.4) is 0 Å². The van der Waals surface area contributed by atoms with Gasteiger partial charge in [-0.1, -0.05) is 53.1 Å². The molecule has 1 rings (SSSR count). The molecule has 0 saturated carbocycles. The topological polar surface area (TPSA) is 99.3 Å². The van der Waals surface area contributed by atoms with Crippen LogP contribution in [-0.4, -0.2) is 45.6 Å². The van der Waals surface area contributed by atoms with Crippen LogP contribution in [0.4, 0.5) is 0 Å². The number of hydrogen-bond acceptors (Lipinski definition) is 6. The molecule has 0 fully saturated rings. The molecule has 0 saturated heterocycles. The highest BCUT2D eigenvalue weighted by Crippen LogP contribution is 2.44. The third-order valence-electron chi connectivity index (χ3n) is 5.36. The summed E-state index contributed by atoms with van der Waals surface area (Å²) < 4.78 is 0. The number of oxime groups is 1. The van der Waals surface area contributed by atoms with Gasteiger partial charge in [-0.15, -0.1) is 0 Å². The summed E-state index contributed by atoms with van der Waals surface area (Å²) in [5.74, 6) is -0.864. The van der Waals surface area contributed by atoms with Gasteiger partial charge in [-0.25, -0.2) is 0 Å². The van der Waals surface area contributed by atoms with Crippen molar-refractivity contribution in [1.29, 1.82) is 0 Å². The molecule has 6 nitrogen and oxygen atoms in total. The molecular formula is C22H39NO5. The van der Waals surface area contributed by atoms with Crippen molar-refractivity contribution >= 4 is 11.5 Å². The second kappa shape index (κ2) is 10.4. The Morgan fingerprint density at radius 1 is 1.07 bits per heavy atom. The van der Waals surface area contributed by atoms with Crippen LogP contribution in [-0.2, 0) is 9.63 Å². The van der Waals surface area contributed by atoms with Gasteiger partial charge in [-0.05, 0) is 43.4 Å². The minimum Gasteiger partial charge on any atom is -0.508 e. The largest absolute Gasteiger partial charge is 0.508 e. The summed E-state index contributed by atoms with van der Waals surface area (Å²) in [5, 5.41) is 37.2. The maximum atomic E-state index is 13.3. The summed E-state index contributed by atoms with van der Waals surface area (Å²) in [7, 11) is 1.39. The van der Waals surface area contributed by atoms with Crippen LogP contribution in [0.1, 0.15) is 73.6 Å². The highest BCUT2D eigenvalue weighted by molar-refractivity contribution is 6.25. The minimum absolute atomic E-state index is 0.00963. The highest BCUT2D eigenvalue weighted by Gasteiger charge is 2.57. The molecule has 0 aromatic rings. The number of hydrogen-bond donors (Lipinski definition) is 3. The van der Waals surface area contributed by atoms with Gasteiger partial charge < -0.3 is 20.2 Å². The molecule has 162 valence electrons. The predicted molar refractivity (Wildman–Crippen MR) is 111 cm³/mol. The molecule has 0 spiro atoms. The van der Waals surface area contributed by atoms with E-state index in [-0.39, 0.29) is 17.3 Å². The summed E-state index contributed by atoms with van der Waals surface area (Å²) in [4.78, 5) is 18.2. The molecule has 0 aliphatic heterocycles. The minimum atomic E-state index is -1.98. The zero-order valence-corrected chi connectivity index (χ0v) is 18.5. The van der Waals surface area contributed by atoms with E-state index in [1.165, 1.54) is 7.11 Å². The molecule has 3 N–H and O–H groups in total. The maximum Gasteiger partial charge on any atom is 0.174 e. The van der Waals surface area contributed by atoms with E-state index in [0.29, 0.717) is 49.7 Å². The van der Waals surface area contributed by atoms with E-state index in [9.17, 15) is 20.1 Å². The number of ketones is 1. The zero-order valence-electron chi connectivity index (χ0n) is 18.5. The van der Waals surface area contributed by atoms with Crippen molar-refractivity contribution in [3.63, 3.8) is 0 Å². The number of aliphatic hydroxyl groups excluding tert-OH is 2. The van der Waals surface area contributed by atoms with E-state index >= 15 is 0 Å². The summed E-state index contributed by atoms with van der Waals surface area (Å²) in [6.07, 6.45) is 1.28. The Bertz CT molecular complexity index is 594. The Labute approximate surface area is 169 Å². The lowest BCUT2D eigenvalue weighted by molar-refractivity contribution is -0.137. The Hall–Kier alpha value is -1.40. The molecule has 0 amide bonds. The van der Waals surface area contributed by atoms with E-state index in [1.807, 2.05) is 41.5 Å². The van der Waals surface area contributed by atoms with E-state index in [4.69, 9.17) is 4.84 Å². The molecule has 0 heterocycles. The standard InChI is InChI=1S/C22H39NO5/c1-13(2)8-10-16-20(25)19(17(23-28-7)12-15(5)6)21(26)22(16,27)18(24)11-9-14(3)4/h13-16,18,24,26-27H,8-12H2,1-7H3/t16-,18?,22+/m0/s1. The van der Waals surface area contributed by atoms with Crippen LogP contribution in [0.25, 0.3) is 0 Å². The predicted octanol–water partition coefficient (Wildman–Crippen LogP) is 4.01. The van der Waals surface area contributed by atoms with Gasteiger partial charge in [-0.3, -0.25) is 4.79 Å². The molecule has 1 unspecified atom stereocenters. The lowest BCUT2D eigenvalue weighted by Gasteiger charge is -2.34. The van der Waals surface area contributed by atoms with Crippen molar-refractivity contribution in [2.45, 2.75) is 85.4 Å². The fourth-order valence-corrected chi connectivity index (χ4v) is 3.77. The Balaban J connectivity index is 3.40. The number of aliphatic hydroxyl groups is 3. The van der Waals surface area contributed by atoms with Crippen LogP contribution in [0.15, 0.2) is 16.5 Å². The second-order valence-electron chi connectivity index (χ2n) is 9.24. The monoisotopic (exact) mass is 397 g/mol. The van der Waals surface area contributed by atoms with Crippen LogP contribution in [0, 0.1) is 23.7 Å². The maximum absolute atomic E-state index is 13.3. The molecule has 0 radical (unpaired) electrons. The molecule has 0 aromatic carbocycles. The molecule has 1 aliphatic rings. The van der Waals surface area contributed by atoms with Crippen molar-refractivity contribution in [2.75, 3.05) is 7.11 Å². The first kappa shape index (κ1) is 24.6. The average molecular weight is 398 g/mol. The first-order valence-corrected chi connectivity index (χ1v) is 10.4. The molecule has 6 heteroatoms. The van der Waals surface area contributed by atoms with Crippen molar-refractivity contribution in [2.24, 2.45) is 28.8 Å². The van der Waals surface area contributed by atoms with E-state index in [2.05, 4.69) is 5.16 Å². The van der Waals surface area contributed by atoms with Gasteiger partial charge in [0.25, 0.3) is 0 Å². The number of Topliss-reactive ketones (excluding diaryl/α,β-unsaturated/α-hetero) is 1. The van der Waals surface area contributed by atoms with Gasteiger partial charge >= 0.3 is 0 Å². The van der Waals surface area contributed by atoms with Crippen LogP contribution >= 0.6 is 0 Å². The molecule has 1 aliphatic carbocycles. The fraction of sp³-hybridized carbons (Fsp3) is 0.818. The van der Waals surface area contributed by atoms with Crippen molar-refractivity contribution in [3.8, 4) is 0 Å². The number of allylic oxidation sites excluding steroid dienone is 1. The highest BCUT2D eigenvalue weighted by atomic mass is 16.6. The summed E-state index contributed by atoms with van der Waals surface area (Å²) in [6, 6.07) is 0. The van der Waals surface area contributed by atoms with Crippen LogP contribution in [0.5, 0.6) is 0 Å². The lowest BCUT2D eigenvalue weighted by Crippen LogP contribution is -2.49. The van der Waals surface area contributed by atoms with Crippen LogP contribution in [0.2, 0.25) is 0 Å². The Kier molecular flexibility index (Phi) is 9.15. The van der Waals surface area contributed by atoms with Crippen molar-refractivity contribution < 1.29 is 25.0 Å². The van der Waals surface area contributed by atoms with Crippen LogP contribution < -0.4 is 0 Å². The molecule has 3 atom stereocenters.